The Morgan fingerprint density at radius 2 is 0.779 bits per heavy atom. The topological polar surface area (TPSA) is 149 Å². The quantitative estimate of drug-likeness (QED) is 0.0261. The number of ether oxygens (including phenoxy) is 2. The summed E-state index contributed by atoms with van der Waals surface area (Å²) in [6, 6.07) is -0.830. The number of carbonyl (C=O) groups excluding carboxylic acids is 1. The number of allylic oxidation sites excluding steroid dienone is 11. The summed E-state index contributed by atoms with van der Waals surface area (Å²) in [5, 5.41) is 54.5. The maximum atomic E-state index is 13.1. The average molecular weight is 1080 g/mol. The van der Waals surface area contributed by atoms with Crippen LogP contribution < -0.4 is 5.32 Å². The van der Waals surface area contributed by atoms with Crippen LogP contribution in [-0.4, -0.2) is 87.5 Å². The van der Waals surface area contributed by atoms with Gasteiger partial charge in [0.15, 0.2) is 6.29 Å². The number of amides is 1. The summed E-state index contributed by atoms with van der Waals surface area (Å²) >= 11 is 0. The van der Waals surface area contributed by atoms with Crippen LogP contribution in [0.5, 0.6) is 0 Å². The molecule has 7 unspecified atom stereocenters. The first-order valence-electron chi connectivity index (χ1n) is 32.7. The molecule has 0 aliphatic carbocycles. The Labute approximate surface area is 474 Å². The van der Waals surface area contributed by atoms with Crippen LogP contribution in [0.3, 0.4) is 0 Å². The molecule has 77 heavy (non-hydrogen) atoms. The Morgan fingerprint density at radius 3 is 1.18 bits per heavy atom. The molecule has 7 atom stereocenters. The highest BCUT2D eigenvalue weighted by Gasteiger charge is 2.44. The van der Waals surface area contributed by atoms with Crippen molar-refractivity contribution in [1.29, 1.82) is 0 Å². The van der Waals surface area contributed by atoms with Crippen LogP contribution in [0.25, 0.3) is 0 Å². The monoisotopic (exact) mass is 1080 g/mol. The molecule has 9 heteroatoms. The molecule has 0 aromatic heterocycles. The van der Waals surface area contributed by atoms with Crippen molar-refractivity contribution in [2.75, 3.05) is 13.2 Å². The largest absolute Gasteiger partial charge is 0.394 e. The Balaban J connectivity index is 2.10. The third kappa shape index (κ3) is 46.0. The van der Waals surface area contributed by atoms with E-state index >= 15 is 0 Å². The second kappa shape index (κ2) is 56.9. The predicted molar refractivity (Wildman–Crippen MR) is 327 cm³/mol. The molecular weight excluding hydrogens is 959 g/mol. The fourth-order valence-electron chi connectivity index (χ4n) is 10.1. The van der Waals surface area contributed by atoms with Gasteiger partial charge in [-0.3, -0.25) is 4.79 Å². The second-order valence-electron chi connectivity index (χ2n) is 22.5. The van der Waals surface area contributed by atoms with E-state index in [4.69, 9.17) is 9.47 Å². The lowest BCUT2D eigenvalue weighted by Crippen LogP contribution is -2.60. The van der Waals surface area contributed by atoms with Gasteiger partial charge < -0.3 is 40.3 Å². The van der Waals surface area contributed by atoms with Crippen LogP contribution in [0, 0.1) is 0 Å². The number of carbonyl (C=O) groups is 1. The van der Waals surface area contributed by atoms with E-state index in [1.165, 1.54) is 212 Å². The smallest absolute Gasteiger partial charge is 0.220 e. The fraction of sp³-hybridized carbons (Fsp3) is 0.809. The van der Waals surface area contributed by atoms with E-state index < -0.39 is 49.5 Å². The molecule has 1 amide bonds. The number of unbranched alkanes of at least 4 members (excludes halogenated alkanes) is 36. The molecule has 448 valence electrons. The Morgan fingerprint density at radius 1 is 0.442 bits per heavy atom. The lowest BCUT2D eigenvalue weighted by molar-refractivity contribution is -0.302. The summed E-state index contributed by atoms with van der Waals surface area (Å²) in [4.78, 5) is 13.1. The molecule has 9 nitrogen and oxygen atoms in total. The van der Waals surface area contributed by atoms with E-state index in [1.54, 1.807) is 6.08 Å². The van der Waals surface area contributed by atoms with E-state index in [1.807, 2.05) is 6.08 Å². The molecule has 1 saturated heterocycles. The maximum absolute atomic E-state index is 13.1. The minimum Gasteiger partial charge on any atom is -0.394 e. The highest BCUT2D eigenvalue weighted by atomic mass is 16.7. The molecule has 0 saturated carbocycles. The standard InChI is InChI=1S/C68H123NO8/c1-3-5-7-9-11-13-15-17-19-21-22-23-24-25-26-27-28-29-30-31-32-33-34-35-36-37-38-39-40-42-44-46-48-50-52-54-56-58-64(72)69-61(60-76-68-67(75)66(74)65(73)63(59-70)77-68)62(71)57-55-53-51-49-47-45-43-41-20-18-16-14-12-10-8-6-4-2/h15,17,20-22,24-25,41,47,49,55,57,61-63,65-68,70-71,73-75H,3-14,16,18-19,23,26-40,42-46,48,50-54,56,58-60H2,1-2H3,(H,69,72)/b17-15-,22-21-,25-24-,41-20+,49-47+,57-55+. The molecule has 1 fully saturated rings. The van der Waals surface area contributed by atoms with E-state index in [0.29, 0.717) is 6.42 Å². The number of hydrogen-bond donors (Lipinski definition) is 6. The van der Waals surface area contributed by atoms with Gasteiger partial charge in [-0.2, -0.15) is 0 Å². The van der Waals surface area contributed by atoms with Crippen molar-refractivity contribution in [3.8, 4) is 0 Å². The summed E-state index contributed by atoms with van der Waals surface area (Å²) in [6.07, 6.45) is 72.9. The molecule has 1 aliphatic rings. The molecule has 0 bridgehead atoms. The molecule has 1 aliphatic heterocycles. The van der Waals surface area contributed by atoms with Crippen LogP contribution in [0.2, 0.25) is 0 Å². The number of aliphatic hydroxyl groups excluding tert-OH is 5. The first kappa shape index (κ1) is 72.6. The summed E-state index contributed by atoms with van der Waals surface area (Å²) in [7, 11) is 0. The van der Waals surface area contributed by atoms with Gasteiger partial charge >= 0.3 is 0 Å². The summed E-state index contributed by atoms with van der Waals surface area (Å²) < 4.78 is 11.3. The van der Waals surface area contributed by atoms with Crippen LogP contribution in [-0.2, 0) is 14.3 Å². The predicted octanol–water partition coefficient (Wildman–Crippen LogP) is 17.2. The van der Waals surface area contributed by atoms with Gasteiger partial charge in [0.2, 0.25) is 5.91 Å². The van der Waals surface area contributed by atoms with Gasteiger partial charge in [0.05, 0.1) is 25.4 Å². The van der Waals surface area contributed by atoms with E-state index in [-0.39, 0.29) is 12.5 Å². The summed E-state index contributed by atoms with van der Waals surface area (Å²) in [5.41, 5.74) is 0. The molecule has 1 heterocycles. The van der Waals surface area contributed by atoms with E-state index in [9.17, 15) is 30.3 Å². The number of rotatable bonds is 56. The van der Waals surface area contributed by atoms with E-state index in [2.05, 4.69) is 79.9 Å². The molecule has 0 aromatic carbocycles. The molecule has 0 radical (unpaired) electrons. The zero-order valence-electron chi connectivity index (χ0n) is 50.0. The van der Waals surface area contributed by atoms with Gasteiger partial charge in [0.1, 0.15) is 24.4 Å². The van der Waals surface area contributed by atoms with Crippen LogP contribution >= 0.6 is 0 Å². The molecule has 1 rings (SSSR count). The minimum atomic E-state index is -1.58. The number of aliphatic hydroxyl groups is 5. The summed E-state index contributed by atoms with van der Waals surface area (Å²) in [6.45, 7) is 3.76. The first-order valence-corrected chi connectivity index (χ1v) is 32.7. The molecule has 0 aromatic rings. The SMILES string of the molecule is CCCCCCC/C=C\C/C=C\C/C=C\CCCCCCCCCCCCCCCCCCCCCCCCC(=O)NC(COC1OC(CO)C(O)C(O)C1O)C(O)/C=C/CC/C=C/CC/C=C/CCCCCCCCC. The fourth-order valence-corrected chi connectivity index (χ4v) is 10.1. The van der Waals surface area contributed by atoms with Crippen LogP contribution in [0.15, 0.2) is 72.9 Å². The maximum Gasteiger partial charge on any atom is 0.220 e. The van der Waals surface area contributed by atoms with Crippen molar-refractivity contribution in [2.45, 2.75) is 339 Å². The zero-order chi connectivity index (χ0) is 55.8. The molecule has 0 spiro atoms. The van der Waals surface area contributed by atoms with Crippen molar-refractivity contribution in [2.24, 2.45) is 0 Å². The van der Waals surface area contributed by atoms with Crippen molar-refractivity contribution < 1.29 is 39.8 Å². The van der Waals surface area contributed by atoms with Gasteiger partial charge in [-0.25, -0.2) is 0 Å². The Kier molecular flexibility index (Phi) is 53.7. The molecular formula is C68H123NO8. The van der Waals surface area contributed by atoms with Gasteiger partial charge in [-0.1, -0.05) is 279 Å². The lowest BCUT2D eigenvalue weighted by atomic mass is 9.99. The highest BCUT2D eigenvalue weighted by molar-refractivity contribution is 5.76. The minimum absolute atomic E-state index is 0.188. The number of hydrogen-bond acceptors (Lipinski definition) is 8. The highest BCUT2D eigenvalue weighted by Crippen LogP contribution is 2.23. The summed E-state index contributed by atoms with van der Waals surface area (Å²) in [5.74, 6) is -0.188. The van der Waals surface area contributed by atoms with Crippen molar-refractivity contribution >= 4 is 5.91 Å². The van der Waals surface area contributed by atoms with Crippen molar-refractivity contribution in [1.82, 2.24) is 5.32 Å². The van der Waals surface area contributed by atoms with Gasteiger partial charge in [0, 0.05) is 6.42 Å². The van der Waals surface area contributed by atoms with Crippen molar-refractivity contribution in [3.05, 3.63) is 72.9 Å². The molecule has 6 N–H and O–H groups in total. The Bertz CT molecular complexity index is 1440. The van der Waals surface area contributed by atoms with Crippen LogP contribution in [0.1, 0.15) is 296 Å². The Hall–Kier alpha value is -2.37. The first-order chi connectivity index (χ1) is 37.8. The van der Waals surface area contributed by atoms with Crippen LogP contribution in [0.4, 0.5) is 0 Å². The number of nitrogens with one attached hydrogen (secondary N) is 1. The zero-order valence-corrected chi connectivity index (χ0v) is 50.0. The van der Waals surface area contributed by atoms with Gasteiger partial charge in [-0.15, -0.1) is 0 Å². The van der Waals surface area contributed by atoms with Gasteiger partial charge in [0.25, 0.3) is 0 Å². The average Bonchev–Trinajstić information content (AvgIpc) is 3.43. The van der Waals surface area contributed by atoms with Crippen molar-refractivity contribution in [3.63, 3.8) is 0 Å². The third-order valence-corrected chi connectivity index (χ3v) is 15.2. The van der Waals surface area contributed by atoms with E-state index in [0.717, 1.165) is 64.2 Å². The second-order valence-corrected chi connectivity index (χ2v) is 22.5. The lowest BCUT2D eigenvalue weighted by Gasteiger charge is -2.40. The van der Waals surface area contributed by atoms with Gasteiger partial charge in [-0.05, 0) is 83.5 Å². The third-order valence-electron chi connectivity index (χ3n) is 15.2. The normalized spacial score (nSPS) is 19.2.